The minimum absolute atomic E-state index is 0.0332. The highest BCUT2D eigenvalue weighted by Gasteiger charge is 2.26. The van der Waals surface area contributed by atoms with E-state index in [1.54, 1.807) is 0 Å². The molecule has 2 heterocycles. The first-order valence-electron chi connectivity index (χ1n) is 8.55. The molecule has 0 aromatic heterocycles. The van der Waals surface area contributed by atoms with Gasteiger partial charge in [-0.25, -0.2) is 5.01 Å². The quantitative estimate of drug-likeness (QED) is 0.872. The van der Waals surface area contributed by atoms with E-state index in [0.717, 1.165) is 35.6 Å². The Labute approximate surface area is 142 Å². The van der Waals surface area contributed by atoms with Crippen LogP contribution in [0.4, 0.5) is 11.4 Å². The largest absolute Gasteiger partial charge is 0.321 e. The molecule has 2 aromatic carbocycles. The molecular weight excluding hydrogens is 298 g/mol. The van der Waals surface area contributed by atoms with Crippen LogP contribution in [0.3, 0.4) is 0 Å². The van der Waals surface area contributed by atoms with Crippen LogP contribution in [0.15, 0.2) is 60.8 Å². The normalized spacial score (nSPS) is 19.2. The summed E-state index contributed by atoms with van der Waals surface area (Å²) in [6.07, 6.45) is 5.64. The predicted octanol–water partition coefficient (Wildman–Crippen LogP) is 3.89. The fourth-order valence-corrected chi connectivity index (χ4v) is 3.38. The number of piperidine rings is 1. The van der Waals surface area contributed by atoms with Crippen LogP contribution in [0.5, 0.6) is 0 Å². The third-order valence-electron chi connectivity index (χ3n) is 4.62. The molecule has 2 aliphatic rings. The molecule has 1 amide bonds. The Balaban J connectivity index is 1.75. The predicted molar refractivity (Wildman–Crippen MR) is 97.4 cm³/mol. The molecule has 0 radical (unpaired) electrons. The molecule has 0 aliphatic carbocycles. The van der Waals surface area contributed by atoms with Crippen molar-refractivity contribution in [3.63, 3.8) is 0 Å². The van der Waals surface area contributed by atoms with Crippen molar-refractivity contribution >= 4 is 22.9 Å². The van der Waals surface area contributed by atoms with Crippen molar-refractivity contribution in [3.8, 4) is 0 Å². The second-order valence-corrected chi connectivity index (χ2v) is 6.24. The molecule has 1 fully saturated rings. The van der Waals surface area contributed by atoms with E-state index in [4.69, 9.17) is 0 Å². The standard InChI is InChI=1S/C20H21N3O/c24-20-18(17-11-5-6-12-19(17)21-20)15-23(16-9-3-1-4-10-16)22-13-7-2-8-14-22/h1,3-6,9-12,15H,2,7-8,13-14H2,(H,21,24). The SMILES string of the molecule is O=C1Nc2ccccc2C1=CN(c1ccccc1)N1CCCCC1. The van der Waals surface area contributed by atoms with Gasteiger partial charge >= 0.3 is 0 Å². The molecule has 0 atom stereocenters. The van der Waals surface area contributed by atoms with E-state index in [2.05, 4.69) is 27.5 Å². The number of anilines is 2. The van der Waals surface area contributed by atoms with E-state index in [-0.39, 0.29) is 5.91 Å². The maximum Gasteiger partial charge on any atom is 0.257 e. The number of nitrogens with zero attached hydrogens (tertiary/aromatic N) is 2. The number of amides is 1. The van der Waals surface area contributed by atoms with Gasteiger partial charge < -0.3 is 5.32 Å². The Morgan fingerprint density at radius 1 is 0.917 bits per heavy atom. The lowest BCUT2D eigenvalue weighted by molar-refractivity contribution is -0.110. The summed E-state index contributed by atoms with van der Waals surface area (Å²) in [6, 6.07) is 18.1. The van der Waals surface area contributed by atoms with Crippen molar-refractivity contribution in [2.45, 2.75) is 19.3 Å². The van der Waals surface area contributed by atoms with Gasteiger partial charge in [-0.3, -0.25) is 9.80 Å². The maximum absolute atomic E-state index is 12.5. The van der Waals surface area contributed by atoms with Gasteiger partial charge in [0.05, 0.1) is 11.3 Å². The van der Waals surface area contributed by atoms with E-state index in [1.165, 1.54) is 19.3 Å². The van der Waals surface area contributed by atoms with Gasteiger partial charge in [0.2, 0.25) is 0 Å². The van der Waals surface area contributed by atoms with E-state index >= 15 is 0 Å². The number of hydrogen-bond donors (Lipinski definition) is 1. The lowest BCUT2D eigenvalue weighted by Crippen LogP contribution is -2.43. The zero-order valence-electron chi connectivity index (χ0n) is 13.6. The Morgan fingerprint density at radius 3 is 2.42 bits per heavy atom. The summed E-state index contributed by atoms with van der Waals surface area (Å²) in [5, 5.41) is 7.44. The highest BCUT2D eigenvalue weighted by atomic mass is 16.2. The number of carbonyl (C=O) groups excluding carboxylic acids is 1. The average molecular weight is 319 g/mol. The van der Waals surface area contributed by atoms with Gasteiger partial charge in [-0.05, 0) is 31.0 Å². The first-order chi connectivity index (χ1) is 11.8. The number of rotatable bonds is 3. The summed E-state index contributed by atoms with van der Waals surface area (Å²) >= 11 is 0. The average Bonchev–Trinajstić information content (AvgIpc) is 2.96. The van der Waals surface area contributed by atoms with E-state index < -0.39 is 0 Å². The lowest BCUT2D eigenvalue weighted by Gasteiger charge is -2.37. The molecule has 2 aromatic rings. The topological polar surface area (TPSA) is 35.6 Å². The Morgan fingerprint density at radius 2 is 1.62 bits per heavy atom. The van der Waals surface area contributed by atoms with Crippen molar-refractivity contribution in [2.75, 3.05) is 23.4 Å². The van der Waals surface area contributed by atoms with Crippen molar-refractivity contribution in [3.05, 3.63) is 66.4 Å². The number of carbonyl (C=O) groups is 1. The number of benzene rings is 2. The summed E-state index contributed by atoms with van der Waals surface area (Å²) in [5.41, 5.74) is 3.67. The van der Waals surface area contributed by atoms with Gasteiger partial charge in [-0.2, -0.15) is 0 Å². The third kappa shape index (κ3) is 2.81. The molecule has 0 saturated carbocycles. The number of hydrogen-bond acceptors (Lipinski definition) is 3. The summed E-state index contributed by atoms with van der Waals surface area (Å²) in [4.78, 5) is 12.5. The smallest absolute Gasteiger partial charge is 0.257 e. The van der Waals surface area contributed by atoms with Gasteiger partial charge in [0.25, 0.3) is 5.91 Å². The second kappa shape index (κ2) is 6.49. The van der Waals surface area contributed by atoms with Gasteiger partial charge in [0, 0.05) is 30.5 Å². The van der Waals surface area contributed by atoms with Gasteiger partial charge in [0.15, 0.2) is 0 Å². The molecule has 1 N–H and O–H groups in total. The fourth-order valence-electron chi connectivity index (χ4n) is 3.38. The van der Waals surface area contributed by atoms with Crippen molar-refractivity contribution in [1.29, 1.82) is 0 Å². The van der Waals surface area contributed by atoms with Crippen LogP contribution in [-0.4, -0.2) is 24.0 Å². The Bertz CT molecular complexity index is 763. The summed E-state index contributed by atoms with van der Waals surface area (Å²) in [7, 11) is 0. The Kier molecular flexibility index (Phi) is 4.05. The van der Waals surface area contributed by atoms with Crippen molar-refractivity contribution < 1.29 is 4.79 Å². The van der Waals surface area contributed by atoms with E-state index in [1.807, 2.05) is 48.7 Å². The monoisotopic (exact) mass is 319 g/mol. The highest BCUT2D eigenvalue weighted by Crippen LogP contribution is 2.33. The highest BCUT2D eigenvalue weighted by molar-refractivity contribution is 6.31. The zero-order valence-corrected chi connectivity index (χ0v) is 13.6. The number of hydrazine groups is 1. The van der Waals surface area contributed by atoms with Crippen LogP contribution in [-0.2, 0) is 4.79 Å². The fraction of sp³-hybridized carbons (Fsp3) is 0.250. The first-order valence-corrected chi connectivity index (χ1v) is 8.55. The van der Waals surface area contributed by atoms with Crippen LogP contribution in [0, 0.1) is 0 Å². The molecular formula is C20H21N3O. The molecule has 4 heteroatoms. The van der Waals surface area contributed by atoms with E-state index in [0.29, 0.717) is 0 Å². The lowest BCUT2D eigenvalue weighted by atomic mass is 10.1. The second-order valence-electron chi connectivity index (χ2n) is 6.24. The van der Waals surface area contributed by atoms with Crippen LogP contribution >= 0.6 is 0 Å². The summed E-state index contributed by atoms with van der Waals surface area (Å²) in [6.45, 7) is 2.03. The molecule has 0 bridgehead atoms. The maximum atomic E-state index is 12.5. The molecule has 0 spiro atoms. The van der Waals surface area contributed by atoms with E-state index in [9.17, 15) is 4.79 Å². The molecule has 1 saturated heterocycles. The molecule has 4 nitrogen and oxygen atoms in total. The molecule has 4 rings (SSSR count). The van der Waals surface area contributed by atoms with Gasteiger partial charge in [-0.15, -0.1) is 0 Å². The van der Waals surface area contributed by atoms with Crippen molar-refractivity contribution in [2.24, 2.45) is 0 Å². The first kappa shape index (κ1) is 15.0. The minimum atomic E-state index is -0.0332. The number of para-hydroxylation sites is 2. The van der Waals surface area contributed by atoms with Gasteiger partial charge in [-0.1, -0.05) is 42.8 Å². The number of nitrogens with one attached hydrogen (secondary N) is 1. The Hall–Kier alpha value is -2.59. The van der Waals surface area contributed by atoms with Crippen LogP contribution in [0.25, 0.3) is 5.57 Å². The summed E-state index contributed by atoms with van der Waals surface area (Å²) < 4.78 is 0. The minimum Gasteiger partial charge on any atom is -0.321 e. The van der Waals surface area contributed by atoms with Crippen LogP contribution < -0.4 is 10.3 Å². The zero-order chi connectivity index (χ0) is 16.4. The van der Waals surface area contributed by atoms with Gasteiger partial charge in [0.1, 0.15) is 0 Å². The third-order valence-corrected chi connectivity index (χ3v) is 4.62. The molecule has 0 unspecified atom stereocenters. The molecule has 2 aliphatic heterocycles. The van der Waals surface area contributed by atoms with Crippen LogP contribution in [0.1, 0.15) is 24.8 Å². The molecule has 24 heavy (non-hydrogen) atoms. The number of fused-ring (bicyclic) bond motifs is 1. The van der Waals surface area contributed by atoms with Crippen molar-refractivity contribution in [1.82, 2.24) is 5.01 Å². The summed E-state index contributed by atoms with van der Waals surface area (Å²) in [5.74, 6) is -0.0332. The van der Waals surface area contributed by atoms with Crippen LogP contribution in [0.2, 0.25) is 0 Å². The molecule has 122 valence electrons.